The predicted octanol–water partition coefficient (Wildman–Crippen LogP) is 3.41. The van der Waals surface area contributed by atoms with E-state index in [1.165, 1.54) is 0 Å². The van der Waals surface area contributed by atoms with Crippen molar-refractivity contribution in [3.05, 3.63) is 50.8 Å². The van der Waals surface area contributed by atoms with Crippen LogP contribution in [-0.2, 0) is 19.5 Å². The first-order valence-corrected chi connectivity index (χ1v) is 8.74. The normalized spacial score (nSPS) is 13.9. The number of halogens is 2. The zero-order valence-corrected chi connectivity index (χ0v) is 15.2. The summed E-state index contributed by atoms with van der Waals surface area (Å²) in [6.45, 7) is 6.02. The van der Waals surface area contributed by atoms with E-state index in [2.05, 4.69) is 15.5 Å². The number of benzene rings is 1. The van der Waals surface area contributed by atoms with Crippen LogP contribution >= 0.6 is 23.2 Å². The summed E-state index contributed by atoms with van der Waals surface area (Å²) in [6, 6.07) is 5.48. The molecule has 2 N–H and O–H groups in total. The number of hydrogen-bond donors (Lipinski definition) is 2. The summed E-state index contributed by atoms with van der Waals surface area (Å²) in [4.78, 5) is 14.8. The van der Waals surface area contributed by atoms with Gasteiger partial charge in [0.15, 0.2) is 5.69 Å². The molecule has 5 nitrogen and oxygen atoms in total. The van der Waals surface area contributed by atoms with Crippen LogP contribution in [0.2, 0.25) is 10.0 Å². The molecular formula is C17H20Cl2N4O. The van der Waals surface area contributed by atoms with E-state index in [-0.39, 0.29) is 11.9 Å². The average molecular weight is 367 g/mol. The van der Waals surface area contributed by atoms with E-state index >= 15 is 0 Å². The van der Waals surface area contributed by atoms with Crippen LogP contribution in [0.25, 0.3) is 0 Å². The van der Waals surface area contributed by atoms with E-state index in [0.717, 1.165) is 29.8 Å². The van der Waals surface area contributed by atoms with Crippen molar-refractivity contribution in [2.45, 2.75) is 39.4 Å². The number of nitrogens with one attached hydrogen (secondary N) is 2. The summed E-state index contributed by atoms with van der Waals surface area (Å²) in [5, 5.41) is 11.6. The lowest BCUT2D eigenvalue weighted by Crippen LogP contribution is -2.37. The number of carbonyl (C=O) groups excluding carboxylic acids is 1. The Hall–Kier alpha value is -1.56. The van der Waals surface area contributed by atoms with Gasteiger partial charge in [0.1, 0.15) is 0 Å². The van der Waals surface area contributed by atoms with E-state index < -0.39 is 0 Å². The molecule has 24 heavy (non-hydrogen) atoms. The molecule has 1 amide bonds. The first-order chi connectivity index (χ1) is 11.5. The molecular weight excluding hydrogens is 347 g/mol. The minimum atomic E-state index is -0.0720. The zero-order chi connectivity index (χ0) is 17.3. The number of amides is 1. The lowest BCUT2D eigenvalue weighted by atomic mass is 10.1. The first-order valence-electron chi connectivity index (χ1n) is 7.99. The Labute approximate surface area is 151 Å². The highest BCUT2D eigenvalue weighted by molar-refractivity contribution is 6.42. The lowest BCUT2D eigenvalue weighted by Gasteiger charge is -2.27. The summed E-state index contributed by atoms with van der Waals surface area (Å²) in [5.74, 6) is -0.0720. The number of nitrogens with zero attached hydrogens (tertiary/aromatic N) is 2. The average Bonchev–Trinajstić information content (AvgIpc) is 2.99. The molecule has 0 radical (unpaired) electrons. The van der Waals surface area contributed by atoms with Gasteiger partial charge in [-0.15, -0.1) is 0 Å². The van der Waals surface area contributed by atoms with E-state index in [0.29, 0.717) is 28.8 Å². The maximum Gasteiger partial charge on any atom is 0.275 e. The molecule has 1 aliphatic rings. The van der Waals surface area contributed by atoms with Gasteiger partial charge in [0.05, 0.1) is 10.0 Å². The van der Waals surface area contributed by atoms with Crippen LogP contribution in [0.3, 0.4) is 0 Å². The van der Waals surface area contributed by atoms with Crippen LogP contribution in [0.1, 0.15) is 41.2 Å². The molecule has 1 aromatic heterocycles. The Bertz CT molecular complexity index is 757. The number of hydrogen-bond acceptors (Lipinski definition) is 3. The molecule has 3 rings (SSSR count). The molecule has 0 spiro atoms. The number of carbonyl (C=O) groups is 1. The quantitative estimate of drug-likeness (QED) is 0.871. The molecule has 0 saturated heterocycles. The minimum Gasteiger partial charge on any atom is -0.330 e. The van der Waals surface area contributed by atoms with E-state index in [1.807, 2.05) is 19.9 Å². The van der Waals surface area contributed by atoms with Gasteiger partial charge in [-0.3, -0.25) is 9.89 Å². The van der Waals surface area contributed by atoms with E-state index in [9.17, 15) is 4.79 Å². The van der Waals surface area contributed by atoms with Crippen LogP contribution in [0.5, 0.6) is 0 Å². The molecule has 0 bridgehead atoms. The van der Waals surface area contributed by atoms with E-state index in [4.69, 9.17) is 23.2 Å². The smallest absolute Gasteiger partial charge is 0.275 e. The van der Waals surface area contributed by atoms with Crippen molar-refractivity contribution in [2.75, 3.05) is 6.54 Å². The van der Waals surface area contributed by atoms with Crippen molar-refractivity contribution in [3.8, 4) is 0 Å². The molecule has 128 valence electrons. The monoisotopic (exact) mass is 366 g/mol. The summed E-state index contributed by atoms with van der Waals surface area (Å²) < 4.78 is 0. The van der Waals surface area contributed by atoms with Crippen LogP contribution < -0.4 is 5.32 Å². The highest BCUT2D eigenvalue weighted by atomic mass is 35.5. The molecule has 2 aromatic rings. The summed E-state index contributed by atoms with van der Waals surface area (Å²) >= 11 is 12.1. The van der Waals surface area contributed by atoms with E-state index in [1.54, 1.807) is 17.0 Å². The fourth-order valence-corrected chi connectivity index (χ4v) is 3.18. The van der Waals surface area contributed by atoms with Crippen molar-refractivity contribution in [1.29, 1.82) is 0 Å². The second kappa shape index (κ2) is 7.13. The molecule has 0 fully saturated rings. The van der Waals surface area contributed by atoms with Gasteiger partial charge in [0, 0.05) is 43.4 Å². The van der Waals surface area contributed by atoms with Gasteiger partial charge in [0.2, 0.25) is 0 Å². The van der Waals surface area contributed by atoms with Crippen molar-refractivity contribution in [3.63, 3.8) is 0 Å². The molecule has 0 aliphatic carbocycles. The molecule has 0 saturated carbocycles. The SMILES string of the molecule is CC(C)N(Cc1ccc(Cl)c(Cl)c1)C(=O)c1n[nH]c2c1CNCC2. The van der Waals surface area contributed by atoms with Gasteiger partial charge in [-0.25, -0.2) is 0 Å². The number of aromatic amines is 1. The van der Waals surface area contributed by atoms with Gasteiger partial charge in [-0.2, -0.15) is 5.10 Å². The Kier molecular flexibility index (Phi) is 5.13. The highest BCUT2D eigenvalue weighted by Crippen LogP contribution is 2.25. The van der Waals surface area contributed by atoms with Crippen LogP contribution in [0.4, 0.5) is 0 Å². The number of aromatic nitrogens is 2. The Morgan fingerprint density at radius 3 is 2.83 bits per heavy atom. The van der Waals surface area contributed by atoms with Crippen molar-refractivity contribution < 1.29 is 4.79 Å². The van der Waals surface area contributed by atoms with Gasteiger partial charge in [0.25, 0.3) is 5.91 Å². The van der Waals surface area contributed by atoms with Gasteiger partial charge in [-0.05, 0) is 31.5 Å². The zero-order valence-electron chi connectivity index (χ0n) is 13.7. The fraction of sp³-hybridized carbons (Fsp3) is 0.412. The van der Waals surface area contributed by atoms with Gasteiger partial charge >= 0.3 is 0 Å². The third-order valence-corrected chi connectivity index (χ3v) is 4.97. The van der Waals surface area contributed by atoms with Gasteiger partial charge < -0.3 is 10.2 Å². The molecule has 1 aromatic carbocycles. The highest BCUT2D eigenvalue weighted by Gasteiger charge is 2.27. The van der Waals surface area contributed by atoms with Crippen molar-refractivity contribution in [2.24, 2.45) is 0 Å². The van der Waals surface area contributed by atoms with Crippen LogP contribution in [0, 0.1) is 0 Å². The maximum atomic E-state index is 13.0. The summed E-state index contributed by atoms with van der Waals surface area (Å²) in [7, 11) is 0. The van der Waals surface area contributed by atoms with Crippen molar-refractivity contribution in [1.82, 2.24) is 20.4 Å². The maximum absolute atomic E-state index is 13.0. The number of H-pyrrole nitrogens is 1. The lowest BCUT2D eigenvalue weighted by molar-refractivity contribution is 0.0683. The number of fused-ring (bicyclic) bond motifs is 1. The third kappa shape index (κ3) is 3.43. The van der Waals surface area contributed by atoms with Crippen molar-refractivity contribution >= 4 is 29.1 Å². The number of rotatable bonds is 4. The van der Waals surface area contributed by atoms with Crippen LogP contribution in [0.15, 0.2) is 18.2 Å². The standard InChI is InChI=1S/C17H20Cl2N4O/c1-10(2)23(9-11-3-4-13(18)14(19)7-11)17(24)16-12-8-20-6-5-15(12)21-22-16/h3-4,7,10,20H,5-6,8-9H2,1-2H3,(H,21,22). The molecule has 0 atom stereocenters. The van der Waals surface area contributed by atoms with Gasteiger partial charge in [-0.1, -0.05) is 29.3 Å². The minimum absolute atomic E-state index is 0.0378. The molecule has 0 unspecified atom stereocenters. The Morgan fingerprint density at radius 1 is 1.33 bits per heavy atom. The summed E-state index contributed by atoms with van der Waals surface area (Å²) in [6.07, 6.45) is 0.865. The molecule has 2 heterocycles. The Balaban J connectivity index is 1.86. The topological polar surface area (TPSA) is 61.0 Å². The predicted molar refractivity (Wildman–Crippen MR) is 95.5 cm³/mol. The molecule has 1 aliphatic heterocycles. The summed E-state index contributed by atoms with van der Waals surface area (Å²) in [5.41, 5.74) is 3.47. The Morgan fingerprint density at radius 2 is 2.12 bits per heavy atom. The van der Waals surface area contributed by atoms with Crippen LogP contribution in [-0.4, -0.2) is 33.6 Å². The largest absolute Gasteiger partial charge is 0.330 e. The molecule has 7 heteroatoms. The fourth-order valence-electron chi connectivity index (χ4n) is 2.86. The third-order valence-electron chi connectivity index (χ3n) is 4.23. The second-order valence-corrected chi connectivity index (χ2v) is 7.05. The first kappa shape index (κ1) is 17.3. The second-order valence-electron chi connectivity index (χ2n) is 6.23.